The van der Waals surface area contributed by atoms with E-state index in [4.69, 9.17) is 10.2 Å². The van der Waals surface area contributed by atoms with E-state index in [-0.39, 0.29) is 37.5 Å². The highest BCUT2D eigenvalue weighted by molar-refractivity contribution is 5.84. The van der Waals surface area contributed by atoms with Crippen molar-refractivity contribution in [2.45, 2.75) is 147 Å². The van der Waals surface area contributed by atoms with E-state index in [1.165, 1.54) is 44.9 Å². The van der Waals surface area contributed by atoms with Crippen LogP contribution in [-0.4, -0.2) is 70.7 Å². The summed E-state index contributed by atoms with van der Waals surface area (Å²) < 4.78 is 0. The molecule has 6 N–H and O–H groups in total. The van der Waals surface area contributed by atoms with Gasteiger partial charge in [-0.15, -0.1) is 0 Å². The molecule has 2 atom stereocenters. The normalized spacial score (nSPS) is 12.4. The Balaban J connectivity index is 3.73. The Hall–Kier alpha value is -2.69. The van der Waals surface area contributed by atoms with Crippen LogP contribution in [0.4, 0.5) is 0 Å². The molecule has 11 heteroatoms. The summed E-state index contributed by atoms with van der Waals surface area (Å²) in [5.41, 5.74) is 0. The lowest BCUT2D eigenvalue weighted by atomic mass is 10.0. The number of unbranched alkanes of at least 4 members (excludes halogenated alkanes) is 14. The van der Waals surface area contributed by atoms with Gasteiger partial charge in [0.05, 0.1) is 0 Å². The molecule has 0 aromatic rings. The first kappa shape index (κ1) is 38.3. The van der Waals surface area contributed by atoms with E-state index in [1.807, 2.05) is 0 Å². The average Bonchev–Trinajstić information content (AvgIpc) is 2.92. The number of carboxylic acids is 3. The molecular formula is C30H55N3O8. The van der Waals surface area contributed by atoms with E-state index in [9.17, 15) is 29.1 Å². The number of amides is 2. The van der Waals surface area contributed by atoms with Gasteiger partial charge < -0.3 is 31.3 Å². The fourth-order valence-electron chi connectivity index (χ4n) is 4.66. The molecule has 0 spiro atoms. The highest BCUT2D eigenvalue weighted by Crippen LogP contribution is 2.14. The number of hydrogen-bond acceptors (Lipinski definition) is 6. The highest BCUT2D eigenvalue weighted by Gasteiger charge is 2.21. The number of carbonyl (C=O) groups excluding carboxylic acids is 2. The van der Waals surface area contributed by atoms with Crippen LogP contribution in [0, 0.1) is 0 Å². The van der Waals surface area contributed by atoms with Crippen LogP contribution in [0.5, 0.6) is 0 Å². The molecular weight excluding hydrogens is 530 g/mol. The van der Waals surface area contributed by atoms with Crippen molar-refractivity contribution < 1.29 is 39.3 Å². The Morgan fingerprint density at radius 3 is 1.41 bits per heavy atom. The Bertz CT molecular complexity index is 747. The molecule has 0 unspecified atom stereocenters. The van der Waals surface area contributed by atoms with Gasteiger partial charge in [0.2, 0.25) is 11.8 Å². The van der Waals surface area contributed by atoms with Crippen molar-refractivity contribution in [3.05, 3.63) is 0 Å². The van der Waals surface area contributed by atoms with Crippen molar-refractivity contribution in [1.82, 2.24) is 16.0 Å². The van der Waals surface area contributed by atoms with Gasteiger partial charge in [0.25, 0.3) is 0 Å². The molecule has 0 radical (unpaired) electrons. The molecule has 0 saturated heterocycles. The third-order valence-corrected chi connectivity index (χ3v) is 7.23. The maximum absolute atomic E-state index is 12.2. The van der Waals surface area contributed by atoms with Crippen molar-refractivity contribution in [2.75, 3.05) is 13.6 Å². The largest absolute Gasteiger partial charge is 0.481 e. The van der Waals surface area contributed by atoms with Gasteiger partial charge in [-0.3, -0.25) is 19.2 Å². The molecule has 0 aromatic heterocycles. The van der Waals surface area contributed by atoms with E-state index in [0.717, 1.165) is 38.5 Å². The molecule has 0 bridgehead atoms. The van der Waals surface area contributed by atoms with Crippen LogP contribution in [0.1, 0.15) is 135 Å². The minimum absolute atomic E-state index is 0.0138. The zero-order valence-corrected chi connectivity index (χ0v) is 25.1. The summed E-state index contributed by atoms with van der Waals surface area (Å²) in [6, 6.07) is -1.71. The molecule has 0 aliphatic rings. The number of nitrogens with one attached hydrogen (secondary N) is 3. The van der Waals surface area contributed by atoms with Crippen LogP contribution in [0.25, 0.3) is 0 Å². The highest BCUT2D eigenvalue weighted by atomic mass is 16.4. The standard InChI is InChI=1S/C30H55N3O8/c1-31-24(29(38)39)18-16-17-23-32-26(34)22-21-25(30(40)41)33-27(35)19-14-12-10-8-6-4-2-3-5-7-9-11-13-15-20-28(36)37/h24-25,31H,2-23H2,1H3,(H,32,34)(H,33,35)(H,36,37)(H,38,39)(H,40,41)/t24-,25-/m0/s1. The monoisotopic (exact) mass is 585 g/mol. The molecule has 0 saturated carbocycles. The second-order valence-corrected chi connectivity index (χ2v) is 10.9. The van der Waals surface area contributed by atoms with Crippen molar-refractivity contribution >= 4 is 29.7 Å². The second-order valence-electron chi connectivity index (χ2n) is 10.9. The number of hydrogen-bond donors (Lipinski definition) is 6. The van der Waals surface area contributed by atoms with Crippen LogP contribution in [0.15, 0.2) is 0 Å². The van der Waals surface area contributed by atoms with Gasteiger partial charge in [-0.2, -0.15) is 0 Å². The molecule has 0 aliphatic carbocycles. The van der Waals surface area contributed by atoms with E-state index in [1.54, 1.807) is 7.05 Å². The zero-order chi connectivity index (χ0) is 30.7. The lowest BCUT2D eigenvalue weighted by Crippen LogP contribution is -2.41. The molecule has 0 heterocycles. The van der Waals surface area contributed by atoms with Crippen molar-refractivity contribution in [1.29, 1.82) is 0 Å². The maximum atomic E-state index is 12.2. The van der Waals surface area contributed by atoms with Crippen LogP contribution in [0.2, 0.25) is 0 Å². The summed E-state index contributed by atoms with van der Waals surface area (Å²) >= 11 is 0. The molecule has 0 aliphatic heterocycles. The van der Waals surface area contributed by atoms with Gasteiger partial charge in [0.15, 0.2) is 0 Å². The smallest absolute Gasteiger partial charge is 0.326 e. The van der Waals surface area contributed by atoms with Gasteiger partial charge in [-0.05, 0) is 45.6 Å². The van der Waals surface area contributed by atoms with Crippen LogP contribution < -0.4 is 16.0 Å². The van der Waals surface area contributed by atoms with Gasteiger partial charge in [-0.1, -0.05) is 77.0 Å². The first-order valence-corrected chi connectivity index (χ1v) is 15.6. The first-order chi connectivity index (χ1) is 19.7. The first-order valence-electron chi connectivity index (χ1n) is 15.6. The van der Waals surface area contributed by atoms with Crippen molar-refractivity contribution in [3.8, 4) is 0 Å². The van der Waals surface area contributed by atoms with Crippen LogP contribution in [0.3, 0.4) is 0 Å². The Kier molecular flexibility index (Phi) is 24.5. The summed E-state index contributed by atoms with van der Waals surface area (Å²) in [5, 5.41) is 35.0. The number of rotatable bonds is 29. The van der Waals surface area contributed by atoms with Crippen LogP contribution >= 0.6 is 0 Å². The third-order valence-electron chi connectivity index (χ3n) is 7.23. The van der Waals surface area contributed by atoms with E-state index >= 15 is 0 Å². The summed E-state index contributed by atoms with van der Waals surface area (Å²) in [5.74, 6) is -3.38. The minimum Gasteiger partial charge on any atom is -0.481 e. The minimum atomic E-state index is -1.16. The number of carboxylic acid groups (broad SMARTS) is 3. The molecule has 0 rings (SSSR count). The number of aliphatic carboxylic acids is 3. The molecule has 0 fully saturated rings. The van der Waals surface area contributed by atoms with Crippen molar-refractivity contribution in [3.63, 3.8) is 0 Å². The quantitative estimate of drug-likeness (QED) is 0.0682. The number of carbonyl (C=O) groups is 5. The summed E-state index contributed by atoms with van der Waals surface area (Å²) in [6.07, 6.45) is 17.5. The fourth-order valence-corrected chi connectivity index (χ4v) is 4.66. The summed E-state index contributed by atoms with van der Waals surface area (Å²) in [6.45, 7) is 0.387. The van der Waals surface area contributed by atoms with E-state index in [0.29, 0.717) is 32.2 Å². The van der Waals surface area contributed by atoms with Gasteiger partial charge in [-0.25, -0.2) is 4.79 Å². The van der Waals surface area contributed by atoms with E-state index in [2.05, 4.69) is 16.0 Å². The SMILES string of the molecule is CN[C@@H](CCCCNC(=O)CC[C@H](NC(=O)CCCCCCCCCCCCCCCCC(=O)O)C(=O)O)C(=O)O. The Labute approximate surface area is 245 Å². The number of likely N-dealkylation sites (N-methyl/N-ethyl adjacent to an activating group) is 1. The second kappa shape index (κ2) is 26.2. The third kappa shape index (κ3) is 24.8. The molecule has 0 aromatic carbocycles. The predicted molar refractivity (Wildman–Crippen MR) is 158 cm³/mol. The zero-order valence-electron chi connectivity index (χ0n) is 25.1. The van der Waals surface area contributed by atoms with Gasteiger partial charge in [0, 0.05) is 25.8 Å². The van der Waals surface area contributed by atoms with Gasteiger partial charge in [0.1, 0.15) is 12.1 Å². The topological polar surface area (TPSA) is 182 Å². The van der Waals surface area contributed by atoms with Crippen molar-refractivity contribution in [2.24, 2.45) is 0 Å². The van der Waals surface area contributed by atoms with E-state index < -0.39 is 30.0 Å². The molecule has 238 valence electrons. The molecule has 11 nitrogen and oxygen atoms in total. The predicted octanol–water partition coefficient (Wildman–Crippen LogP) is 4.62. The molecule has 41 heavy (non-hydrogen) atoms. The maximum Gasteiger partial charge on any atom is 0.326 e. The molecule has 2 amide bonds. The van der Waals surface area contributed by atoms with Gasteiger partial charge >= 0.3 is 17.9 Å². The lowest BCUT2D eigenvalue weighted by molar-refractivity contribution is -0.142. The summed E-state index contributed by atoms with van der Waals surface area (Å²) in [7, 11) is 1.59. The average molecular weight is 586 g/mol. The fraction of sp³-hybridized carbons (Fsp3) is 0.833. The Morgan fingerprint density at radius 1 is 0.512 bits per heavy atom. The summed E-state index contributed by atoms with van der Waals surface area (Å²) in [4.78, 5) is 57.1. The lowest BCUT2D eigenvalue weighted by Gasteiger charge is -2.14. The van der Waals surface area contributed by atoms with Crippen LogP contribution in [-0.2, 0) is 24.0 Å². The Morgan fingerprint density at radius 2 is 0.976 bits per heavy atom.